The van der Waals surface area contributed by atoms with Gasteiger partial charge in [0.25, 0.3) is 5.56 Å². The number of H-pyrrole nitrogens is 1. The number of anilines is 1. The van der Waals surface area contributed by atoms with Gasteiger partial charge in [-0.1, -0.05) is 12.1 Å². The first-order valence-corrected chi connectivity index (χ1v) is 8.63. The fraction of sp³-hybridized carbons (Fsp3) is 0.211. The lowest BCUT2D eigenvalue weighted by Gasteiger charge is -2.25. The van der Waals surface area contributed by atoms with Gasteiger partial charge in [-0.2, -0.15) is 0 Å². The molecule has 1 unspecified atom stereocenters. The van der Waals surface area contributed by atoms with Gasteiger partial charge < -0.3 is 9.88 Å². The number of benzene rings is 1. The molecule has 7 nitrogen and oxygen atoms in total. The molecule has 0 bridgehead atoms. The van der Waals surface area contributed by atoms with Crippen LogP contribution in [0.5, 0.6) is 0 Å². The van der Waals surface area contributed by atoms with Crippen molar-refractivity contribution in [1.29, 1.82) is 0 Å². The van der Waals surface area contributed by atoms with Crippen molar-refractivity contribution < 1.29 is 0 Å². The summed E-state index contributed by atoms with van der Waals surface area (Å²) < 4.78 is 0. The molecule has 26 heavy (non-hydrogen) atoms. The lowest BCUT2D eigenvalue weighted by atomic mass is 10.2. The van der Waals surface area contributed by atoms with Crippen LogP contribution in [0.4, 0.5) is 5.82 Å². The highest BCUT2D eigenvalue weighted by Crippen LogP contribution is 2.34. The number of hydrogen-bond acceptors (Lipinski definition) is 6. The first kappa shape index (κ1) is 14.9. The number of para-hydroxylation sites is 1. The molecular formula is C19H16N6O. The quantitative estimate of drug-likeness (QED) is 0.601. The molecule has 1 fully saturated rings. The standard InChI is InChI=1S/C19H16N6O/c26-19-12-4-1-2-5-13(12)22-18(24-19)15-6-3-11-25(15)16-8-7-14-17(23-16)21-10-9-20-14/h1-2,4-5,7-10,15H,3,6,11H2,(H,22,24,26). The molecule has 3 aromatic heterocycles. The molecule has 0 amide bonds. The van der Waals surface area contributed by atoms with E-state index in [4.69, 9.17) is 4.98 Å². The molecule has 128 valence electrons. The van der Waals surface area contributed by atoms with Crippen LogP contribution in [0.1, 0.15) is 24.7 Å². The Bertz CT molecular complexity index is 1170. The molecule has 0 saturated carbocycles. The molecular weight excluding hydrogens is 328 g/mol. The number of hydrogen-bond donors (Lipinski definition) is 1. The monoisotopic (exact) mass is 344 g/mol. The van der Waals surface area contributed by atoms with Crippen LogP contribution in [0.15, 0.2) is 53.6 Å². The minimum absolute atomic E-state index is 0.00562. The van der Waals surface area contributed by atoms with E-state index in [0.717, 1.165) is 36.2 Å². The summed E-state index contributed by atoms with van der Waals surface area (Å²) in [4.78, 5) is 35.5. The molecule has 1 aliphatic rings. The second-order valence-corrected chi connectivity index (χ2v) is 6.39. The Morgan fingerprint density at radius 1 is 1.00 bits per heavy atom. The Balaban J connectivity index is 1.59. The van der Waals surface area contributed by atoms with Crippen LogP contribution in [0.2, 0.25) is 0 Å². The molecule has 0 spiro atoms. The Morgan fingerprint density at radius 2 is 1.88 bits per heavy atom. The van der Waals surface area contributed by atoms with Gasteiger partial charge in [-0.25, -0.2) is 15.0 Å². The van der Waals surface area contributed by atoms with Gasteiger partial charge in [0.1, 0.15) is 17.2 Å². The number of aromatic nitrogens is 5. The number of aromatic amines is 1. The Hall–Kier alpha value is -3.35. The van der Waals surface area contributed by atoms with Gasteiger partial charge in [-0.15, -0.1) is 0 Å². The summed E-state index contributed by atoms with van der Waals surface area (Å²) in [6, 6.07) is 11.3. The van der Waals surface area contributed by atoms with Crippen LogP contribution in [0.25, 0.3) is 22.1 Å². The SMILES string of the molecule is O=c1[nH]c(C2CCCN2c2ccc3nccnc3n2)nc2ccccc12. The molecule has 5 rings (SSSR count). The maximum absolute atomic E-state index is 12.4. The summed E-state index contributed by atoms with van der Waals surface area (Å²) in [5.74, 6) is 1.52. The third kappa shape index (κ3) is 2.40. The maximum atomic E-state index is 12.4. The van der Waals surface area contributed by atoms with Gasteiger partial charge in [-0.05, 0) is 37.1 Å². The third-order valence-electron chi connectivity index (χ3n) is 4.81. The second-order valence-electron chi connectivity index (χ2n) is 6.39. The van der Waals surface area contributed by atoms with Crippen molar-refractivity contribution in [3.05, 3.63) is 65.0 Å². The van der Waals surface area contributed by atoms with E-state index in [-0.39, 0.29) is 11.6 Å². The Morgan fingerprint density at radius 3 is 2.85 bits per heavy atom. The summed E-state index contributed by atoms with van der Waals surface area (Å²) >= 11 is 0. The van der Waals surface area contributed by atoms with Crippen LogP contribution in [-0.4, -0.2) is 31.5 Å². The van der Waals surface area contributed by atoms with Crippen LogP contribution in [-0.2, 0) is 0 Å². The van der Waals surface area contributed by atoms with E-state index in [0.29, 0.717) is 16.9 Å². The molecule has 4 aromatic rings. The van der Waals surface area contributed by atoms with Crippen molar-refractivity contribution in [1.82, 2.24) is 24.9 Å². The smallest absolute Gasteiger partial charge is 0.258 e. The fourth-order valence-corrected chi connectivity index (χ4v) is 3.59. The summed E-state index contributed by atoms with van der Waals surface area (Å²) in [6.45, 7) is 0.861. The maximum Gasteiger partial charge on any atom is 0.258 e. The highest BCUT2D eigenvalue weighted by atomic mass is 16.1. The molecule has 4 heterocycles. The van der Waals surface area contributed by atoms with Crippen LogP contribution in [0.3, 0.4) is 0 Å². The zero-order chi connectivity index (χ0) is 17.5. The number of pyridine rings is 1. The molecule has 1 aromatic carbocycles. The van der Waals surface area contributed by atoms with E-state index in [1.54, 1.807) is 18.5 Å². The van der Waals surface area contributed by atoms with Crippen molar-refractivity contribution in [2.75, 3.05) is 11.4 Å². The minimum Gasteiger partial charge on any atom is -0.346 e. The normalized spacial score (nSPS) is 17.2. The third-order valence-corrected chi connectivity index (χ3v) is 4.81. The summed E-state index contributed by atoms with van der Waals surface area (Å²) in [5.41, 5.74) is 2.00. The largest absolute Gasteiger partial charge is 0.346 e. The molecule has 1 atom stereocenters. The Labute approximate surface area is 148 Å². The predicted molar refractivity (Wildman–Crippen MR) is 99.0 cm³/mol. The summed E-state index contributed by atoms with van der Waals surface area (Å²) in [6.07, 6.45) is 5.23. The zero-order valence-corrected chi connectivity index (χ0v) is 14.0. The van der Waals surface area contributed by atoms with E-state index in [1.807, 2.05) is 30.3 Å². The number of nitrogens with one attached hydrogen (secondary N) is 1. The van der Waals surface area contributed by atoms with Crippen LogP contribution >= 0.6 is 0 Å². The molecule has 1 N–H and O–H groups in total. The van der Waals surface area contributed by atoms with E-state index in [2.05, 4.69) is 24.8 Å². The van der Waals surface area contributed by atoms with Gasteiger partial charge in [-0.3, -0.25) is 9.78 Å². The first-order chi connectivity index (χ1) is 12.8. The average Bonchev–Trinajstić information content (AvgIpc) is 3.17. The number of nitrogens with zero attached hydrogens (tertiary/aromatic N) is 5. The summed E-state index contributed by atoms with van der Waals surface area (Å²) in [5, 5.41) is 0.611. The van der Waals surface area contributed by atoms with E-state index < -0.39 is 0 Å². The molecule has 7 heteroatoms. The minimum atomic E-state index is -0.102. The lowest BCUT2D eigenvalue weighted by Crippen LogP contribution is -2.27. The molecule has 0 aliphatic carbocycles. The Kier molecular flexibility index (Phi) is 3.38. The number of fused-ring (bicyclic) bond motifs is 2. The topological polar surface area (TPSA) is 87.7 Å². The first-order valence-electron chi connectivity index (χ1n) is 8.63. The van der Waals surface area contributed by atoms with Crippen molar-refractivity contribution in [2.45, 2.75) is 18.9 Å². The number of rotatable bonds is 2. The molecule has 0 radical (unpaired) electrons. The van der Waals surface area contributed by atoms with E-state index in [9.17, 15) is 4.79 Å². The van der Waals surface area contributed by atoms with Gasteiger partial charge in [0, 0.05) is 18.9 Å². The van der Waals surface area contributed by atoms with Gasteiger partial charge in [0.15, 0.2) is 5.65 Å². The van der Waals surface area contributed by atoms with E-state index in [1.165, 1.54) is 0 Å². The van der Waals surface area contributed by atoms with Crippen molar-refractivity contribution in [3.8, 4) is 0 Å². The second kappa shape index (κ2) is 5.87. The van der Waals surface area contributed by atoms with Gasteiger partial charge >= 0.3 is 0 Å². The zero-order valence-electron chi connectivity index (χ0n) is 14.0. The average molecular weight is 344 g/mol. The highest BCUT2D eigenvalue weighted by molar-refractivity contribution is 5.77. The fourth-order valence-electron chi connectivity index (χ4n) is 3.59. The predicted octanol–water partition coefficient (Wildman–Crippen LogP) is 2.60. The van der Waals surface area contributed by atoms with Gasteiger partial charge in [0.05, 0.1) is 16.9 Å². The highest BCUT2D eigenvalue weighted by Gasteiger charge is 2.29. The van der Waals surface area contributed by atoms with Crippen molar-refractivity contribution >= 4 is 27.9 Å². The van der Waals surface area contributed by atoms with Crippen molar-refractivity contribution in [3.63, 3.8) is 0 Å². The van der Waals surface area contributed by atoms with E-state index >= 15 is 0 Å². The van der Waals surface area contributed by atoms with Gasteiger partial charge in [0.2, 0.25) is 0 Å². The van der Waals surface area contributed by atoms with Crippen LogP contribution in [0, 0.1) is 0 Å². The van der Waals surface area contributed by atoms with Crippen LogP contribution < -0.4 is 10.5 Å². The molecule has 1 aliphatic heterocycles. The molecule has 1 saturated heterocycles. The lowest BCUT2D eigenvalue weighted by molar-refractivity contribution is 0.662. The van der Waals surface area contributed by atoms with Crippen molar-refractivity contribution in [2.24, 2.45) is 0 Å². The summed E-state index contributed by atoms with van der Waals surface area (Å²) in [7, 11) is 0.